The molecule has 0 aliphatic heterocycles. The molecule has 4 rings (SSSR count). The van der Waals surface area contributed by atoms with Gasteiger partial charge < -0.3 is 10.1 Å². The van der Waals surface area contributed by atoms with Crippen molar-refractivity contribution in [1.82, 2.24) is 14.8 Å². The standard InChI is InChI=1S/C21H17N7O5S/c1-12-8-19(26-20-15(12)4-3-5-18(20)33-2)27-21(13(10-22)11-24-27)25-16-7-6-14(34(23,31)32)9-17(16)28(29)30/h3-9,11,25H,1-2H3,(H2,23,31,32). The Hall–Kier alpha value is -4.54. The minimum absolute atomic E-state index is 0.0641. The summed E-state index contributed by atoms with van der Waals surface area (Å²) in [6, 6.07) is 12.4. The van der Waals surface area contributed by atoms with Crippen LogP contribution in [0.15, 0.2) is 53.6 Å². The number of primary sulfonamides is 1. The molecule has 0 saturated heterocycles. The van der Waals surface area contributed by atoms with E-state index < -0.39 is 25.5 Å². The summed E-state index contributed by atoms with van der Waals surface area (Å²) in [5.41, 5.74) is 0.911. The van der Waals surface area contributed by atoms with Crippen LogP contribution in [0.1, 0.15) is 11.1 Å². The van der Waals surface area contributed by atoms with Gasteiger partial charge in [0.2, 0.25) is 10.0 Å². The van der Waals surface area contributed by atoms with Crippen molar-refractivity contribution in [1.29, 1.82) is 5.26 Å². The maximum absolute atomic E-state index is 11.6. The Morgan fingerprint density at radius 3 is 2.68 bits per heavy atom. The molecular formula is C21H17N7O5S. The Balaban J connectivity index is 1.89. The van der Waals surface area contributed by atoms with Gasteiger partial charge in [0.25, 0.3) is 5.69 Å². The van der Waals surface area contributed by atoms with Gasteiger partial charge >= 0.3 is 0 Å². The number of nitrogens with one attached hydrogen (secondary N) is 1. The normalized spacial score (nSPS) is 11.2. The minimum atomic E-state index is -4.16. The summed E-state index contributed by atoms with van der Waals surface area (Å²) in [5.74, 6) is 0.983. The molecule has 0 radical (unpaired) electrons. The summed E-state index contributed by atoms with van der Waals surface area (Å²) < 4.78 is 30.0. The quantitative estimate of drug-likeness (QED) is 0.310. The number of aryl methyl sites for hydroxylation is 1. The second-order valence-electron chi connectivity index (χ2n) is 7.19. The van der Waals surface area contributed by atoms with Crippen molar-refractivity contribution in [2.75, 3.05) is 12.4 Å². The predicted octanol–water partition coefficient (Wildman–Crippen LogP) is 2.91. The largest absolute Gasteiger partial charge is 0.494 e. The van der Waals surface area contributed by atoms with Gasteiger partial charge in [-0.05, 0) is 36.8 Å². The predicted molar refractivity (Wildman–Crippen MR) is 123 cm³/mol. The number of nitrogens with two attached hydrogens (primary N) is 1. The van der Waals surface area contributed by atoms with E-state index in [1.807, 2.05) is 25.1 Å². The van der Waals surface area contributed by atoms with Gasteiger partial charge in [-0.25, -0.2) is 18.5 Å². The van der Waals surface area contributed by atoms with Gasteiger partial charge in [0.1, 0.15) is 28.6 Å². The van der Waals surface area contributed by atoms with Crippen LogP contribution in [0.25, 0.3) is 16.7 Å². The van der Waals surface area contributed by atoms with E-state index >= 15 is 0 Å². The van der Waals surface area contributed by atoms with E-state index in [9.17, 15) is 23.8 Å². The maximum atomic E-state index is 11.6. The molecule has 0 saturated carbocycles. The van der Waals surface area contributed by atoms with Crippen LogP contribution in [0.2, 0.25) is 0 Å². The van der Waals surface area contributed by atoms with E-state index in [0.717, 1.165) is 23.1 Å². The lowest BCUT2D eigenvalue weighted by atomic mass is 10.1. The number of aromatic nitrogens is 3. The Bertz CT molecular complexity index is 1610. The molecule has 2 heterocycles. The number of hydrogen-bond acceptors (Lipinski definition) is 9. The number of nitrogens with zero attached hydrogens (tertiary/aromatic N) is 5. The van der Waals surface area contributed by atoms with Crippen molar-refractivity contribution >= 4 is 38.1 Å². The number of para-hydroxylation sites is 1. The lowest BCUT2D eigenvalue weighted by Gasteiger charge is -2.13. The van der Waals surface area contributed by atoms with Crippen molar-refractivity contribution < 1.29 is 18.1 Å². The first-order valence-corrected chi connectivity index (χ1v) is 11.2. The number of nitro benzene ring substituents is 1. The third kappa shape index (κ3) is 3.98. The molecule has 0 aliphatic rings. The van der Waals surface area contributed by atoms with Crippen molar-refractivity contribution in [2.45, 2.75) is 11.8 Å². The third-order valence-corrected chi connectivity index (χ3v) is 5.98. The number of nitro groups is 1. The summed E-state index contributed by atoms with van der Waals surface area (Å²) >= 11 is 0. The van der Waals surface area contributed by atoms with Crippen LogP contribution in [0.3, 0.4) is 0 Å². The first-order valence-electron chi connectivity index (χ1n) is 9.65. The SMILES string of the molecule is COc1cccc2c(C)cc(-n3ncc(C#N)c3Nc3ccc(S(N)(=O)=O)cc3[N+](=O)[O-])nc12. The van der Waals surface area contributed by atoms with E-state index in [4.69, 9.17) is 9.88 Å². The van der Waals surface area contributed by atoms with Crippen LogP contribution in [-0.2, 0) is 10.0 Å². The molecule has 3 N–H and O–H groups in total. The van der Waals surface area contributed by atoms with Crippen LogP contribution < -0.4 is 15.2 Å². The summed E-state index contributed by atoms with van der Waals surface area (Å²) in [7, 11) is -2.63. The van der Waals surface area contributed by atoms with Crippen molar-refractivity contribution in [3.05, 3.63) is 69.9 Å². The van der Waals surface area contributed by atoms with E-state index in [2.05, 4.69) is 15.4 Å². The van der Waals surface area contributed by atoms with Crippen LogP contribution in [0.5, 0.6) is 5.75 Å². The lowest BCUT2D eigenvalue weighted by molar-refractivity contribution is -0.384. The number of sulfonamides is 1. The van der Waals surface area contributed by atoms with Gasteiger partial charge in [-0.3, -0.25) is 10.1 Å². The Kier molecular flexibility index (Phi) is 5.61. The average molecular weight is 479 g/mol. The Morgan fingerprint density at radius 1 is 1.26 bits per heavy atom. The molecule has 2 aromatic heterocycles. The number of rotatable bonds is 6. The first kappa shape index (κ1) is 22.6. The third-order valence-electron chi connectivity index (χ3n) is 5.07. The highest BCUT2D eigenvalue weighted by molar-refractivity contribution is 7.89. The molecule has 0 spiro atoms. The molecule has 12 nitrogen and oxygen atoms in total. The fourth-order valence-corrected chi connectivity index (χ4v) is 3.98. The second kappa shape index (κ2) is 8.43. The highest BCUT2D eigenvalue weighted by atomic mass is 32.2. The van der Waals surface area contributed by atoms with Crippen LogP contribution in [0.4, 0.5) is 17.2 Å². The number of anilines is 2. The molecule has 0 atom stereocenters. The summed E-state index contributed by atoms with van der Waals surface area (Å²) in [4.78, 5) is 15.1. The maximum Gasteiger partial charge on any atom is 0.294 e. The highest BCUT2D eigenvalue weighted by Crippen LogP contribution is 2.33. The number of ether oxygens (including phenoxy) is 1. The molecule has 4 aromatic rings. The second-order valence-corrected chi connectivity index (χ2v) is 8.75. The topological polar surface area (TPSA) is 179 Å². The molecule has 0 aliphatic carbocycles. The van der Waals surface area contributed by atoms with Crippen molar-refractivity contribution in [3.8, 4) is 17.6 Å². The van der Waals surface area contributed by atoms with E-state index in [-0.39, 0.29) is 17.1 Å². The average Bonchev–Trinajstić information content (AvgIpc) is 3.20. The summed E-state index contributed by atoms with van der Waals surface area (Å²) in [5, 5.41) is 34.2. The molecular weight excluding hydrogens is 462 g/mol. The van der Waals surface area contributed by atoms with E-state index in [1.54, 1.807) is 12.1 Å². The molecule has 0 fully saturated rings. The minimum Gasteiger partial charge on any atom is -0.494 e. The number of methoxy groups -OCH3 is 1. The molecule has 0 unspecified atom stereocenters. The summed E-state index contributed by atoms with van der Waals surface area (Å²) in [6.07, 6.45) is 1.29. The monoisotopic (exact) mass is 479 g/mol. The number of pyridine rings is 1. The van der Waals surface area contributed by atoms with E-state index in [0.29, 0.717) is 17.1 Å². The van der Waals surface area contributed by atoms with Crippen molar-refractivity contribution in [3.63, 3.8) is 0 Å². The zero-order valence-corrected chi connectivity index (χ0v) is 18.7. The molecule has 0 amide bonds. The van der Waals surface area contributed by atoms with Gasteiger partial charge in [-0.15, -0.1) is 0 Å². The molecule has 0 bridgehead atoms. The zero-order valence-electron chi connectivity index (χ0n) is 17.9. The Morgan fingerprint density at radius 2 is 2.03 bits per heavy atom. The number of fused-ring (bicyclic) bond motifs is 1. The van der Waals surface area contributed by atoms with Crippen molar-refractivity contribution in [2.24, 2.45) is 5.14 Å². The van der Waals surface area contributed by atoms with Crippen LogP contribution in [-0.4, -0.2) is 35.2 Å². The molecule has 13 heteroatoms. The highest BCUT2D eigenvalue weighted by Gasteiger charge is 2.22. The number of nitriles is 1. The molecule has 2 aromatic carbocycles. The van der Waals surface area contributed by atoms with Gasteiger partial charge in [0.15, 0.2) is 11.6 Å². The Labute approximate surface area is 193 Å². The first-order chi connectivity index (χ1) is 16.1. The lowest BCUT2D eigenvalue weighted by Crippen LogP contribution is -2.13. The zero-order chi connectivity index (χ0) is 24.6. The number of hydrogen-bond donors (Lipinski definition) is 2. The molecule has 34 heavy (non-hydrogen) atoms. The van der Waals surface area contributed by atoms with Gasteiger partial charge in [0.05, 0.1) is 23.1 Å². The van der Waals surface area contributed by atoms with Crippen LogP contribution in [0, 0.1) is 28.4 Å². The van der Waals surface area contributed by atoms with Crippen LogP contribution >= 0.6 is 0 Å². The van der Waals surface area contributed by atoms with E-state index in [1.165, 1.54) is 24.1 Å². The fraction of sp³-hybridized carbons (Fsp3) is 0.0952. The van der Waals surface area contributed by atoms with Gasteiger partial charge in [-0.1, -0.05) is 12.1 Å². The summed E-state index contributed by atoms with van der Waals surface area (Å²) in [6.45, 7) is 1.88. The van der Waals surface area contributed by atoms with Gasteiger partial charge in [0, 0.05) is 11.5 Å². The molecule has 172 valence electrons. The fourth-order valence-electron chi connectivity index (χ4n) is 3.44. The number of benzene rings is 2. The smallest absolute Gasteiger partial charge is 0.294 e. The van der Waals surface area contributed by atoms with Gasteiger partial charge in [-0.2, -0.15) is 15.0 Å².